The molecule has 6 heteroatoms. The molecule has 1 aliphatic heterocycles. The number of ether oxygens (including phenoxy) is 1. The number of benzene rings is 3. The van der Waals surface area contributed by atoms with E-state index in [9.17, 15) is 18.0 Å². The Kier molecular flexibility index (Phi) is 5.16. The van der Waals surface area contributed by atoms with Crippen LogP contribution in [0.5, 0.6) is 0 Å². The number of fused-ring (bicyclic) bond motifs is 1. The Hall–Kier alpha value is -3.28. The summed E-state index contributed by atoms with van der Waals surface area (Å²) in [6.45, 7) is 0. The molecule has 0 saturated heterocycles. The van der Waals surface area contributed by atoms with Gasteiger partial charge in [-0.15, -0.1) is 0 Å². The van der Waals surface area contributed by atoms with Crippen LogP contribution >= 0.6 is 0 Å². The number of nitrogens with one attached hydrogen (secondary N) is 1. The van der Waals surface area contributed by atoms with E-state index in [0.29, 0.717) is 18.7 Å². The highest BCUT2D eigenvalue weighted by Gasteiger charge is 2.39. The van der Waals surface area contributed by atoms with Crippen LogP contribution in [-0.4, -0.2) is 17.9 Å². The van der Waals surface area contributed by atoms with Crippen molar-refractivity contribution in [3.8, 4) is 0 Å². The molecular weight excluding hydrogens is 415 g/mol. The Bertz CT molecular complexity index is 1210. The average Bonchev–Trinajstić information content (AvgIpc) is 3.54. The van der Waals surface area contributed by atoms with Crippen molar-refractivity contribution in [1.29, 1.82) is 0 Å². The number of aryl methyl sites for hydroxylation is 1. The van der Waals surface area contributed by atoms with Crippen molar-refractivity contribution < 1.29 is 22.7 Å². The van der Waals surface area contributed by atoms with Gasteiger partial charge in [0.2, 0.25) is 5.78 Å². The molecule has 3 nitrogen and oxygen atoms in total. The molecule has 1 saturated carbocycles. The first-order valence-corrected chi connectivity index (χ1v) is 10.8. The SMILES string of the molecule is O=C1C(c2cccc(C(F)(F)F)c2)=C(NC2CC2)OC1CCc1cccc2ccccc12. The van der Waals surface area contributed by atoms with E-state index >= 15 is 0 Å². The van der Waals surface area contributed by atoms with Crippen molar-refractivity contribution in [3.05, 3.63) is 89.3 Å². The molecule has 164 valence electrons. The van der Waals surface area contributed by atoms with Crippen molar-refractivity contribution in [2.45, 2.75) is 44.0 Å². The Morgan fingerprint density at radius 2 is 1.72 bits per heavy atom. The number of rotatable bonds is 6. The maximum absolute atomic E-state index is 13.3. The van der Waals surface area contributed by atoms with E-state index in [0.717, 1.165) is 41.3 Å². The van der Waals surface area contributed by atoms with Crippen LogP contribution < -0.4 is 5.32 Å². The summed E-state index contributed by atoms with van der Waals surface area (Å²) in [7, 11) is 0. The number of alkyl halides is 3. The van der Waals surface area contributed by atoms with Gasteiger partial charge in [0.25, 0.3) is 0 Å². The van der Waals surface area contributed by atoms with Crippen LogP contribution in [0, 0.1) is 0 Å². The van der Waals surface area contributed by atoms with Gasteiger partial charge in [-0.25, -0.2) is 0 Å². The number of ketones is 1. The van der Waals surface area contributed by atoms with Crippen LogP contribution in [0.4, 0.5) is 13.2 Å². The predicted octanol–water partition coefficient (Wildman–Crippen LogP) is 5.88. The van der Waals surface area contributed by atoms with Crippen molar-refractivity contribution >= 4 is 22.1 Å². The van der Waals surface area contributed by atoms with Crippen molar-refractivity contribution in [1.82, 2.24) is 5.32 Å². The second-order valence-corrected chi connectivity index (χ2v) is 8.35. The lowest BCUT2D eigenvalue weighted by Gasteiger charge is -2.13. The van der Waals surface area contributed by atoms with Crippen LogP contribution in [0.1, 0.15) is 36.0 Å². The number of Topliss-reactive ketones (excluding diaryl/α,β-unsaturated/α-hetero) is 1. The highest BCUT2D eigenvalue weighted by atomic mass is 19.4. The van der Waals surface area contributed by atoms with Crippen LogP contribution in [-0.2, 0) is 22.1 Å². The molecule has 1 unspecified atom stereocenters. The van der Waals surface area contributed by atoms with Gasteiger partial charge in [0, 0.05) is 6.04 Å². The third-order valence-corrected chi connectivity index (χ3v) is 5.97. The molecule has 0 radical (unpaired) electrons. The van der Waals surface area contributed by atoms with Crippen LogP contribution in [0.2, 0.25) is 0 Å². The second kappa shape index (κ2) is 8.01. The van der Waals surface area contributed by atoms with Gasteiger partial charge in [0.05, 0.1) is 11.1 Å². The summed E-state index contributed by atoms with van der Waals surface area (Å²) >= 11 is 0. The lowest BCUT2D eigenvalue weighted by atomic mass is 9.94. The molecule has 1 atom stereocenters. The topological polar surface area (TPSA) is 38.3 Å². The zero-order valence-corrected chi connectivity index (χ0v) is 17.3. The molecule has 0 bridgehead atoms. The van der Waals surface area contributed by atoms with Gasteiger partial charge in [0.15, 0.2) is 12.0 Å². The second-order valence-electron chi connectivity index (χ2n) is 8.35. The van der Waals surface area contributed by atoms with Crippen molar-refractivity contribution in [3.63, 3.8) is 0 Å². The third kappa shape index (κ3) is 4.09. The van der Waals surface area contributed by atoms with Gasteiger partial charge in [-0.05, 0) is 59.7 Å². The molecule has 0 aromatic heterocycles. The summed E-state index contributed by atoms with van der Waals surface area (Å²) in [6, 6.07) is 19.2. The molecule has 5 rings (SSSR count). The van der Waals surface area contributed by atoms with Gasteiger partial charge in [-0.2, -0.15) is 13.2 Å². The summed E-state index contributed by atoms with van der Waals surface area (Å²) in [5, 5.41) is 5.46. The summed E-state index contributed by atoms with van der Waals surface area (Å²) < 4.78 is 45.7. The molecule has 2 aliphatic rings. The number of hydrogen-bond acceptors (Lipinski definition) is 3. The first-order chi connectivity index (χ1) is 15.4. The molecule has 32 heavy (non-hydrogen) atoms. The average molecular weight is 437 g/mol. The zero-order valence-electron chi connectivity index (χ0n) is 17.3. The van der Waals surface area contributed by atoms with E-state index in [2.05, 4.69) is 5.32 Å². The third-order valence-electron chi connectivity index (χ3n) is 5.97. The monoisotopic (exact) mass is 437 g/mol. The molecule has 0 amide bonds. The van der Waals surface area contributed by atoms with E-state index in [1.807, 2.05) is 42.5 Å². The van der Waals surface area contributed by atoms with Gasteiger partial charge < -0.3 is 10.1 Å². The van der Waals surface area contributed by atoms with Crippen LogP contribution in [0.3, 0.4) is 0 Å². The Balaban J connectivity index is 1.40. The minimum atomic E-state index is -4.48. The molecule has 1 N–H and O–H groups in total. The quantitative estimate of drug-likeness (QED) is 0.523. The highest BCUT2D eigenvalue weighted by Crippen LogP contribution is 2.36. The number of carbonyl (C=O) groups is 1. The number of carbonyl (C=O) groups excluding carboxylic acids is 1. The fourth-order valence-electron chi connectivity index (χ4n) is 4.16. The maximum atomic E-state index is 13.3. The van der Waals surface area contributed by atoms with E-state index in [1.54, 1.807) is 0 Å². The Labute approximate surface area is 183 Å². The molecule has 1 fully saturated rings. The van der Waals surface area contributed by atoms with E-state index in [1.165, 1.54) is 12.1 Å². The first kappa shape index (κ1) is 20.6. The largest absolute Gasteiger partial charge is 0.467 e. The van der Waals surface area contributed by atoms with Crippen molar-refractivity contribution in [2.75, 3.05) is 0 Å². The van der Waals surface area contributed by atoms with E-state index in [-0.39, 0.29) is 23.0 Å². The van der Waals surface area contributed by atoms with Gasteiger partial charge >= 0.3 is 6.18 Å². The minimum Gasteiger partial charge on any atom is -0.467 e. The summed E-state index contributed by atoms with van der Waals surface area (Å²) in [5.41, 5.74) is 0.788. The van der Waals surface area contributed by atoms with Gasteiger partial charge in [0.1, 0.15) is 0 Å². The molecule has 1 heterocycles. The van der Waals surface area contributed by atoms with Crippen LogP contribution in [0.15, 0.2) is 72.6 Å². The Morgan fingerprint density at radius 1 is 0.969 bits per heavy atom. The van der Waals surface area contributed by atoms with Gasteiger partial charge in [-0.3, -0.25) is 4.79 Å². The predicted molar refractivity (Wildman–Crippen MR) is 117 cm³/mol. The number of hydrogen-bond donors (Lipinski definition) is 1. The lowest BCUT2D eigenvalue weighted by molar-refractivity contribution is -0.137. The zero-order chi connectivity index (χ0) is 22.3. The van der Waals surface area contributed by atoms with E-state index < -0.39 is 17.8 Å². The highest BCUT2D eigenvalue weighted by molar-refractivity contribution is 6.25. The molecule has 1 aliphatic carbocycles. The summed E-state index contributed by atoms with van der Waals surface area (Å²) in [4.78, 5) is 13.3. The lowest BCUT2D eigenvalue weighted by Crippen LogP contribution is -2.21. The normalized spacial score (nSPS) is 18.8. The standard InChI is InChI=1S/C26H22F3NO2/c27-26(28,29)19-9-4-8-18(15-19)23-24(31)22(32-25(23)30-20-12-13-20)14-11-17-7-3-6-16-5-1-2-10-21(16)17/h1-10,15,20,22,30H,11-14H2. The molecule has 0 spiro atoms. The summed E-state index contributed by atoms with van der Waals surface area (Å²) in [6.07, 6.45) is -2.21. The molecular formula is C26H22F3NO2. The van der Waals surface area contributed by atoms with E-state index in [4.69, 9.17) is 4.74 Å². The van der Waals surface area contributed by atoms with Crippen LogP contribution in [0.25, 0.3) is 16.3 Å². The molecule has 3 aromatic rings. The Morgan fingerprint density at radius 3 is 2.50 bits per heavy atom. The van der Waals surface area contributed by atoms with Gasteiger partial charge in [-0.1, -0.05) is 54.6 Å². The molecule has 3 aromatic carbocycles. The first-order valence-electron chi connectivity index (χ1n) is 10.8. The minimum absolute atomic E-state index is 0.204. The van der Waals surface area contributed by atoms with Crippen molar-refractivity contribution in [2.24, 2.45) is 0 Å². The maximum Gasteiger partial charge on any atom is 0.416 e. The smallest absolute Gasteiger partial charge is 0.416 e. The number of halogens is 3. The fraction of sp³-hybridized carbons (Fsp3) is 0.269. The fourth-order valence-corrected chi connectivity index (χ4v) is 4.16. The summed E-state index contributed by atoms with van der Waals surface area (Å²) in [5.74, 6) is 0.0347.